The van der Waals surface area contributed by atoms with E-state index < -0.39 is 5.82 Å². The van der Waals surface area contributed by atoms with E-state index in [1.807, 2.05) is 6.07 Å². The lowest BCUT2D eigenvalue weighted by molar-refractivity contribution is 0.610. The molecule has 0 fully saturated rings. The summed E-state index contributed by atoms with van der Waals surface area (Å²) in [4.78, 5) is 0. The summed E-state index contributed by atoms with van der Waals surface area (Å²) in [7, 11) is 0. The van der Waals surface area contributed by atoms with Crippen molar-refractivity contribution in [1.82, 2.24) is 9.78 Å². The Morgan fingerprint density at radius 1 is 1.29 bits per heavy atom. The van der Waals surface area contributed by atoms with Gasteiger partial charge in [0.15, 0.2) is 0 Å². The molecule has 0 spiro atoms. The molecule has 0 aliphatic carbocycles. The molecule has 0 bridgehead atoms. The molecule has 14 heavy (non-hydrogen) atoms. The van der Waals surface area contributed by atoms with Crippen LogP contribution in [0.25, 0.3) is 5.69 Å². The van der Waals surface area contributed by atoms with E-state index in [2.05, 4.69) is 5.10 Å². The minimum atomic E-state index is -0.396. The minimum Gasteiger partial charge on any atom is -0.220 e. The van der Waals surface area contributed by atoms with Gasteiger partial charge in [0.2, 0.25) is 0 Å². The fourth-order valence-electron chi connectivity index (χ4n) is 1.20. The van der Waals surface area contributed by atoms with E-state index in [0.29, 0.717) is 5.69 Å². The van der Waals surface area contributed by atoms with E-state index in [1.165, 1.54) is 23.0 Å². The fraction of sp³-hybridized carbons (Fsp3) is 0. The van der Waals surface area contributed by atoms with Gasteiger partial charge in [0.25, 0.3) is 0 Å². The van der Waals surface area contributed by atoms with Crippen molar-refractivity contribution in [2.45, 2.75) is 0 Å². The molecule has 0 N–H and O–H groups in total. The zero-order valence-electron chi connectivity index (χ0n) is 7.18. The Labute approximate surface area is 80.0 Å². The van der Waals surface area contributed by atoms with Crippen LogP contribution in [0.4, 0.5) is 4.39 Å². The maximum absolute atomic E-state index is 13.3. The van der Waals surface area contributed by atoms with Crippen molar-refractivity contribution in [3.05, 3.63) is 48.0 Å². The third-order valence-corrected chi connectivity index (χ3v) is 1.84. The van der Waals surface area contributed by atoms with Crippen molar-refractivity contribution in [1.29, 1.82) is 5.26 Å². The van der Waals surface area contributed by atoms with Gasteiger partial charge in [-0.2, -0.15) is 10.4 Å². The molecule has 2 aromatic rings. The molecule has 0 atom stereocenters. The third kappa shape index (κ3) is 1.25. The summed E-state index contributed by atoms with van der Waals surface area (Å²) in [6, 6.07) is 9.66. The maximum Gasteiger partial charge on any atom is 0.148 e. The zero-order chi connectivity index (χ0) is 9.97. The quantitative estimate of drug-likeness (QED) is 0.684. The number of halogens is 1. The second kappa shape index (κ2) is 3.30. The van der Waals surface area contributed by atoms with Crippen LogP contribution >= 0.6 is 0 Å². The monoisotopic (exact) mass is 187 g/mol. The van der Waals surface area contributed by atoms with Crippen molar-refractivity contribution < 1.29 is 4.39 Å². The lowest BCUT2D eigenvalue weighted by Gasteiger charge is -2.02. The topological polar surface area (TPSA) is 41.6 Å². The van der Waals surface area contributed by atoms with Crippen molar-refractivity contribution in [3.8, 4) is 11.8 Å². The van der Waals surface area contributed by atoms with Crippen LogP contribution in [0.5, 0.6) is 0 Å². The molecule has 4 heteroatoms. The number of aromatic nitrogens is 2. The van der Waals surface area contributed by atoms with Crippen molar-refractivity contribution >= 4 is 0 Å². The maximum atomic E-state index is 13.3. The molecule has 0 radical (unpaired) electrons. The lowest BCUT2D eigenvalue weighted by atomic mass is 10.3. The first-order valence-corrected chi connectivity index (χ1v) is 4.02. The molecular formula is C10H6FN3. The summed E-state index contributed by atoms with van der Waals surface area (Å²) < 4.78 is 14.6. The normalized spacial score (nSPS) is 9.71. The highest BCUT2D eigenvalue weighted by molar-refractivity contribution is 5.37. The van der Waals surface area contributed by atoms with Gasteiger partial charge in [0.05, 0.1) is 6.20 Å². The van der Waals surface area contributed by atoms with Crippen LogP contribution in [-0.2, 0) is 0 Å². The smallest absolute Gasteiger partial charge is 0.148 e. The van der Waals surface area contributed by atoms with Crippen LogP contribution in [-0.4, -0.2) is 9.78 Å². The van der Waals surface area contributed by atoms with Crippen LogP contribution in [0, 0.1) is 17.1 Å². The van der Waals surface area contributed by atoms with Gasteiger partial charge in [-0.3, -0.25) is 0 Å². The van der Waals surface area contributed by atoms with E-state index in [0.717, 1.165) is 0 Å². The summed E-state index contributed by atoms with van der Waals surface area (Å²) in [6.45, 7) is 0. The average molecular weight is 187 g/mol. The van der Waals surface area contributed by atoms with E-state index in [1.54, 1.807) is 18.2 Å². The molecule has 0 unspecified atom stereocenters. The van der Waals surface area contributed by atoms with Gasteiger partial charge in [-0.15, -0.1) is 0 Å². The number of rotatable bonds is 1. The van der Waals surface area contributed by atoms with Crippen LogP contribution < -0.4 is 0 Å². The molecule has 3 nitrogen and oxygen atoms in total. The highest BCUT2D eigenvalue weighted by atomic mass is 19.1. The number of nitrogens with zero attached hydrogens (tertiary/aromatic N) is 3. The molecule has 0 aliphatic rings. The van der Waals surface area contributed by atoms with Crippen LogP contribution in [0.2, 0.25) is 0 Å². The van der Waals surface area contributed by atoms with Gasteiger partial charge in [0.1, 0.15) is 23.3 Å². The lowest BCUT2D eigenvalue weighted by Crippen LogP contribution is -2.01. The van der Waals surface area contributed by atoms with Crippen LogP contribution in [0.15, 0.2) is 36.5 Å². The Balaban J connectivity index is 2.62. The Morgan fingerprint density at radius 3 is 2.79 bits per heavy atom. The molecule has 68 valence electrons. The highest BCUT2D eigenvalue weighted by Gasteiger charge is 2.07. The third-order valence-electron chi connectivity index (χ3n) is 1.84. The molecule has 0 aliphatic heterocycles. The van der Waals surface area contributed by atoms with Gasteiger partial charge < -0.3 is 0 Å². The number of para-hydroxylation sites is 1. The van der Waals surface area contributed by atoms with Crippen LogP contribution in [0.3, 0.4) is 0 Å². The molecule has 1 aromatic heterocycles. The van der Waals surface area contributed by atoms with Gasteiger partial charge in [-0.05, 0) is 18.2 Å². The molecule has 2 rings (SSSR count). The van der Waals surface area contributed by atoms with E-state index in [4.69, 9.17) is 5.26 Å². The summed E-state index contributed by atoms with van der Waals surface area (Å²) in [6.07, 6.45) is 1.46. The average Bonchev–Trinajstić information content (AvgIpc) is 2.66. The number of hydrogen-bond acceptors (Lipinski definition) is 2. The number of hydrogen-bond donors (Lipinski definition) is 0. The van der Waals surface area contributed by atoms with Gasteiger partial charge in [-0.25, -0.2) is 9.07 Å². The summed E-state index contributed by atoms with van der Waals surface area (Å²) in [5.74, 6) is -0.396. The van der Waals surface area contributed by atoms with Gasteiger partial charge in [-0.1, -0.05) is 12.1 Å². The number of benzene rings is 1. The molecule has 1 aromatic carbocycles. The standard InChI is InChI=1S/C10H6FN3/c11-9-3-1-2-4-10(9)14-8(7-12)5-6-13-14/h1-6H. The largest absolute Gasteiger partial charge is 0.220 e. The second-order valence-electron chi connectivity index (χ2n) is 2.69. The first kappa shape index (κ1) is 8.45. The van der Waals surface area contributed by atoms with E-state index >= 15 is 0 Å². The van der Waals surface area contributed by atoms with Crippen molar-refractivity contribution in [3.63, 3.8) is 0 Å². The molecule has 0 saturated carbocycles. The molecular weight excluding hydrogens is 181 g/mol. The molecule has 0 saturated heterocycles. The Bertz CT molecular complexity index is 496. The zero-order valence-corrected chi connectivity index (χ0v) is 7.18. The summed E-state index contributed by atoms with van der Waals surface area (Å²) in [5.41, 5.74) is 0.601. The van der Waals surface area contributed by atoms with Crippen molar-refractivity contribution in [2.24, 2.45) is 0 Å². The number of nitriles is 1. The summed E-state index contributed by atoms with van der Waals surface area (Å²) in [5, 5.41) is 12.6. The second-order valence-corrected chi connectivity index (χ2v) is 2.69. The molecule has 0 amide bonds. The van der Waals surface area contributed by atoms with Crippen molar-refractivity contribution in [2.75, 3.05) is 0 Å². The van der Waals surface area contributed by atoms with Gasteiger partial charge >= 0.3 is 0 Å². The first-order valence-electron chi connectivity index (χ1n) is 4.02. The van der Waals surface area contributed by atoms with E-state index in [-0.39, 0.29) is 5.69 Å². The Hall–Kier alpha value is -2.15. The van der Waals surface area contributed by atoms with Gasteiger partial charge in [0, 0.05) is 0 Å². The fourth-order valence-corrected chi connectivity index (χ4v) is 1.20. The highest BCUT2D eigenvalue weighted by Crippen LogP contribution is 2.13. The molecule has 1 heterocycles. The predicted molar refractivity (Wildman–Crippen MR) is 48.2 cm³/mol. The SMILES string of the molecule is N#Cc1ccnn1-c1ccccc1F. The first-order chi connectivity index (χ1) is 6.83. The minimum absolute atomic E-state index is 0.286. The van der Waals surface area contributed by atoms with E-state index in [9.17, 15) is 4.39 Å². The Morgan fingerprint density at radius 2 is 2.07 bits per heavy atom. The predicted octanol–water partition coefficient (Wildman–Crippen LogP) is 1.88. The van der Waals surface area contributed by atoms with Crippen LogP contribution in [0.1, 0.15) is 5.69 Å². The Kier molecular flexibility index (Phi) is 1.99. The summed E-state index contributed by atoms with van der Waals surface area (Å²) >= 11 is 0.